The van der Waals surface area contributed by atoms with Gasteiger partial charge in [0, 0.05) is 0 Å². The Labute approximate surface area is 191 Å². The van der Waals surface area contributed by atoms with Gasteiger partial charge in [-0.05, 0) is 48.1 Å². The summed E-state index contributed by atoms with van der Waals surface area (Å²) in [6.07, 6.45) is 24.4. The maximum Gasteiger partial charge on any atom is 0.115 e. The Balaban J connectivity index is 1.58. The van der Waals surface area contributed by atoms with E-state index in [9.17, 15) is 5.11 Å². The van der Waals surface area contributed by atoms with Crippen LogP contribution >= 0.6 is 0 Å². The van der Waals surface area contributed by atoms with Crippen molar-refractivity contribution in [3.63, 3.8) is 0 Å². The number of hydrogen-bond acceptors (Lipinski definition) is 1. The van der Waals surface area contributed by atoms with Gasteiger partial charge < -0.3 is 5.11 Å². The summed E-state index contributed by atoms with van der Waals surface area (Å²) in [7, 11) is 0. The van der Waals surface area contributed by atoms with E-state index in [1.54, 1.807) is 0 Å². The molecule has 0 saturated carbocycles. The van der Waals surface area contributed by atoms with E-state index in [-0.39, 0.29) is 0 Å². The summed E-state index contributed by atoms with van der Waals surface area (Å²) in [6.45, 7) is 2.28. The number of hydrogen-bond donors (Lipinski definition) is 1. The highest BCUT2D eigenvalue weighted by Gasteiger charge is 2.03. The number of phenolic OH excluding ortho intramolecular Hbond substituents is 1. The van der Waals surface area contributed by atoms with Gasteiger partial charge in [0.2, 0.25) is 0 Å². The van der Waals surface area contributed by atoms with Crippen molar-refractivity contribution in [2.24, 2.45) is 0 Å². The molecule has 0 spiro atoms. The van der Waals surface area contributed by atoms with Crippen LogP contribution in [0.15, 0.2) is 54.6 Å². The molecule has 0 aromatic heterocycles. The lowest BCUT2D eigenvalue weighted by Gasteiger charge is -2.09. The van der Waals surface area contributed by atoms with Gasteiger partial charge in [0.05, 0.1) is 0 Å². The van der Waals surface area contributed by atoms with Gasteiger partial charge >= 0.3 is 0 Å². The van der Waals surface area contributed by atoms with Crippen LogP contribution in [0.4, 0.5) is 0 Å². The molecule has 1 nitrogen and oxygen atoms in total. The Morgan fingerprint density at radius 2 is 1.23 bits per heavy atom. The average molecular weight is 421 g/mol. The smallest absolute Gasteiger partial charge is 0.115 e. The first kappa shape index (κ1) is 25.2. The summed E-state index contributed by atoms with van der Waals surface area (Å²) in [5.41, 5.74) is 3.88. The summed E-state index contributed by atoms with van der Waals surface area (Å²) in [5.74, 6) is 0.389. The molecule has 0 fully saturated rings. The molecule has 0 aliphatic carbocycles. The quantitative estimate of drug-likeness (QED) is 0.253. The number of rotatable bonds is 17. The van der Waals surface area contributed by atoms with E-state index in [2.05, 4.69) is 49.4 Å². The molecule has 2 aromatic rings. The summed E-state index contributed by atoms with van der Waals surface area (Å²) < 4.78 is 0. The van der Waals surface area contributed by atoms with Crippen molar-refractivity contribution < 1.29 is 5.11 Å². The van der Waals surface area contributed by atoms with Crippen molar-refractivity contribution >= 4 is 6.08 Å². The lowest BCUT2D eigenvalue weighted by molar-refractivity contribution is 0.474. The van der Waals surface area contributed by atoms with Gasteiger partial charge in [-0.2, -0.15) is 0 Å². The summed E-state index contributed by atoms with van der Waals surface area (Å²) in [4.78, 5) is 0. The number of aromatic hydroxyl groups is 1. The molecule has 2 rings (SSSR count). The molecule has 0 saturated heterocycles. The van der Waals surface area contributed by atoms with E-state index in [0.29, 0.717) is 5.75 Å². The van der Waals surface area contributed by atoms with E-state index in [0.717, 1.165) is 12.8 Å². The van der Waals surface area contributed by atoms with Crippen LogP contribution in [0.3, 0.4) is 0 Å². The second-order valence-electron chi connectivity index (χ2n) is 8.96. The lowest BCUT2D eigenvalue weighted by atomic mass is 9.97. The molecule has 0 atom stereocenters. The summed E-state index contributed by atoms with van der Waals surface area (Å²) >= 11 is 0. The van der Waals surface area contributed by atoms with Crippen molar-refractivity contribution in [2.45, 2.75) is 103 Å². The second kappa shape index (κ2) is 16.6. The fourth-order valence-electron chi connectivity index (χ4n) is 4.26. The van der Waals surface area contributed by atoms with Crippen LogP contribution < -0.4 is 0 Å². The Hall–Kier alpha value is -2.02. The van der Waals surface area contributed by atoms with Gasteiger partial charge in [0.25, 0.3) is 0 Å². The Bertz CT molecular complexity index is 716. The summed E-state index contributed by atoms with van der Waals surface area (Å²) in [5, 5.41) is 9.93. The van der Waals surface area contributed by atoms with Gasteiger partial charge in [-0.15, -0.1) is 0 Å². The van der Waals surface area contributed by atoms with Crippen LogP contribution in [-0.2, 0) is 12.8 Å². The predicted octanol–water partition coefficient (Wildman–Crippen LogP) is 9.28. The first-order chi connectivity index (χ1) is 15.3. The molecule has 0 unspecified atom stereocenters. The molecule has 2 aromatic carbocycles. The second-order valence-corrected chi connectivity index (χ2v) is 8.96. The molecule has 0 radical (unpaired) electrons. The van der Waals surface area contributed by atoms with Crippen LogP contribution in [0.1, 0.15) is 107 Å². The largest absolute Gasteiger partial charge is 0.508 e. The number of unbranched alkanes of at least 4 members (excludes halogenated alkanes) is 12. The number of aryl methyl sites for hydroxylation is 1. The third-order valence-corrected chi connectivity index (χ3v) is 6.19. The molecule has 0 amide bonds. The Kier molecular flexibility index (Phi) is 13.6. The van der Waals surface area contributed by atoms with Crippen molar-refractivity contribution in [3.05, 3.63) is 71.3 Å². The molecular weight excluding hydrogens is 376 g/mol. The fraction of sp³-hybridized carbons (Fsp3) is 0.533. The first-order valence-electron chi connectivity index (χ1n) is 12.8. The highest BCUT2D eigenvalue weighted by atomic mass is 16.3. The SMILES string of the molecule is CCCCCCCCCCCCCCCc1cc(O)ccc1C/C=C/c1ccccc1. The lowest BCUT2D eigenvalue weighted by Crippen LogP contribution is -1.94. The Morgan fingerprint density at radius 1 is 0.645 bits per heavy atom. The number of allylic oxidation sites excluding steroid dienone is 1. The highest BCUT2D eigenvalue weighted by Crippen LogP contribution is 2.21. The van der Waals surface area contributed by atoms with E-state index in [1.807, 2.05) is 18.2 Å². The fourth-order valence-corrected chi connectivity index (χ4v) is 4.26. The van der Waals surface area contributed by atoms with Crippen LogP contribution in [-0.4, -0.2) is 5.11 Å². The van der Waals surface area contributed by atoms with Crippen LogP contribution in [0, 0.1) is 0 Å². The van der Waals surface area contributed by atoms with E-state index < -0.39 is 0 Å². The van der Waals surface area contributed by atoms with E-state index in [4.69, 9.17) is 0 Å². The highest BCUT2D eigenvalue weighted by molar-refractivity contribution is 5.49. The zero-order valence-electron chi connectivity index (χ0n) is 19.8. The molecular formula is C30H44O. The van der Waals surface area contributed by atoms with Crippen molar-refractivity contribution in [1.29, 1.82) is 0 Å². The van der Waals surface area contributed by atoms with Crippen molar-refractivity contribution in [3.8, 4) is 5.75 Å². The maximum absolute atomic E-state index is 9.93. The van der Waals surface area contributed by atoms with Crippen LogP contribution in [0.5, 0.6) is 5.75 Å². The van der Waals surface area contributed by atoms with Gasteiger partial charge in [-0.25, -0.2) is 0 Å². The van der Waals surface area contributed by atoms with Gasteiger partial charge in [-0.3, -0.25) is 0 Å². The molecule has 0 aliphatic heterocycles. The summed E-state index contributed by atoms with van der Waals surface area (Å²) in [6, 6.07) is 16.3. The molecule has 170 valence electrons. The number of phenols is 1. The zero-order chi connectivity index (χ0) is 22.0. The predicted molar refractivity (Wildman–Crippen MR) is 137 cm³/mol. The van der Waals surface area contributed by atoms with Gasteiger partial charge in [-0.1, -0.05) is 133 Å². The minimum absolute atomic E-state index is 0.389. The third kappa shape index (κ3) is 11.8. The molecule has 31 heavy (non-hydrogen) atoms. The van der Waals surface area contributed by atoms with Crippen LogP contribution in [0.2, 0.25) is 0 Å². The minimum atomic E-state index is 0.389. The molecule has 0 heterocycles. The van der Waals surface area contributed by atoms with E-state index >= 15 is 0 Å². The molecule has 1 heteroatoms. The number of benzene rings is 2. The van der Waals surface area contributed by atoms with E-state index in [1.165, 1.54) is 100 Å². The molecule has 0 bridgehead atoms. The third-order valence-electron chi connectivity index (χ3n) is 6.19. The zero-order valence-corrected chi connectivity index (χ0v) is 19.8. The Morgan fingerprint density at radius 3 is 1.84 bits per heavy atom. The minimum Gasteiger partial charge on any atom is -0.508 e. The normalized spacial score (nSPS) is 11.4. The van der Waals surface area contributed by atoms with Crippen molar-refractivity contribution in [2.75, 3.05) is 0 Å². The monoisotopic (exact) mass is 420 g/mol. The van der Waals surface area contributed by atoms with Crippen LogP contribution in [0.25, 0.3) is 6.08 Å². The molecule has 1 N–H and O–H groups in total. The van der Waals surface area contributed by atoms with Gasteiger partial charge in [0.15, 0.2) is 0 Å². The van der Waals surface area contributed by atoms with Gasteiger partial charge in [0.1, 0.15) is 5.75 Å². The maximum atomic E-state index is 9.93. The van der Waals surface area contributed by atoms with Crippen molar-refractivity contribution in [1.82, 2.24) is 0 Å². The topological polar surface area (TPSA) is 20.2 Å². The first-order valence-corrected chi connectivity index (χ1v) is 12.8. The standard InChI is InChI=1S/C30H44O/c1-2-3-4-5-6-7-8-9-10-11-12-13-17-22-29-26-30(31)25-24-28(29)23-18-21-27-19-15-14-16-20-27/h14-16,18-21,24-26,31H,2-13,17,22-23H2,1H3/b21-18+. The molecule has 0 aliphatic rings. The average Bonchev–Trinajstić information content (AvgIpc) is 2.79.